The molecule has 9 atom stereocenters. The fraction of sp³-hybridized carbons (Fsp3) is 0.900. The maximum absolute atomic E-state index is 12.6. The monoisotopic (exact) mass is 456 g/mol. The smallest absolute Gasteiger partial charge is 0.306 e. The molecule has 0 amide bonds. The van der Waals surface area contributed by atoms with E-state index in [0.717, 1.165) is 57.8 Å². The molecule has 2 N–H and O–H groups in total. The highest BCUT2D eigenvalue weighted by Gasteiger charge is 2.68. The summed E-state index contributed by atoms with van der Waals surface area (Å²) in [4.78, 5) is 12.6. The third-order valence-electron chi connectivity index (χ3n) is 12.8. The number of aliphatic hydroxyl groups excluding tert-OH is 1. The molecular formula is C30H48O3. The molecule has 0 radical (unpaired) electrons. The van der Waals surface area contributed by atoms with Gasteiger partial charge in [0.1, 0.15) is 0 Å². The Morgan fingerprint density at radius 3 is 2.27 bits per heavy atom. The van der Waals surface area contributed by atoms with E-state index in [0.29, 0.717) is 29.1 Å². The molecule has 0 aromatic carbocycles. The molecule has 5 rings (SSSR count). The Balaban J connectivity index is 1.60. The summed E-state index contributed by atoms with van der Waals surface area (Å²) < 4.78 is 0. The number of carboxylic acid groups (broad SMARTS) is 1. The highest BCUT2D eigenvalue weighted by atomic mass is 16.4. The number of allylic oxidation sites excluding steroid dienone is 2. The molecule has 3 heteroatoms. The van der Waals surface area contributed by atoms with E-state index in [1.165, 1.54) is 0 Å². The predicted molar refractivity (Wildman–Crippen MR) is 133 cm³/mol. The fourth-order valence-corrected chi connectivity index (χ4v) is 10.7. The number of carboxylic acids is 1. The zero-order valence-corrected chi connectivity index (χ0v) is 22.2. The molecule has 0 saturated heterocycles. The lowest BCUT2D eigenvalue weighted by Gasteiger charge is -2.71. The molecule has 0 aromatic rings. The maximum atomic E-state index is 12.6. The molecule has 4 saturated carbocycles. The molecule has 0 bridgehead atoms. The minimum Gasteiger partial charge on any atom is -0.481 e. The minimum absolute atomic E-state index is 0.0399. The Labute approximate surface area is 201 Å². The third kappa shape index (κ3) is 3.06. The van der Waals surface area contributed by atoms with Crippen molar-refractivity contribution >= 4 is 5.97 Å². The van der Waals surface area contributed by atoms with Crippen LogP contribution in [0, 0.1) is 56.7 Å². The van der Waals surface area contributed by atoms with Crippen molar-refractivity contribution in [3.63, 3.8) is 0 Å². The molecule has 5 aliphatic rings. The first-order valence-corrected chi connectivity index (χ1v) is 13.8. The second-order valence-electron chi connectivity index (χ2n) is 15.0. The predicted octanol–water partition coefficient (Wildman–Crippen LogP) is 7.09. The summed E-state index contributed by atoms with van der Waals surface area (Å²) in [6.07, 6.45) is 12.0. The fourth-order valence-electron chi connectivity index (χ4n) is 10.7. The van der Waals surface area contributed by atoms with Crippen molar-refractivity contribution in [3.8, 4) is 0 Å². The van der Waals surface area contributed by atoms with Crippen LogP contribution in [-0.2, 0) is 4.79 Å². The van der Waals surface area contributed by atoms with Crippen LogP contribution in [0.2, 0.25) is 0 Å². The summed E-state index contributed by atoms with van der Waals surface area (Å²) in [5, 5.41) is 21.3. The summed E-state index contributed by atoms with van der Waals surface area (Å²) in [7, 11) is 0. The van der Waals surface area contributed by atoms with E-state index in [9.17, 15) is 15.0 Å². The molecule has 33 heavy (non-hydrogen) atoms. The molecule has 0 spiro atoms. The van der Waals surface area contributed by atoms with Gasteiger partial charge in [0.15, 0.2) is 0 Å². The zero-order chi connectivity index (χ0) is 24.2. The summed E-state index contributed by atoms with van der Waals surface area (Å²) in [5.41, 5.74) is 2.18. The van der Waals surface area contributed by atoms with Gasteiger partial charge in [-0.25, -0.2) is 0 Å². The van der Waals surface area contributed by atoms with Crippen molar-refractivity contribution in [2.45, 2.75) is 112 Å². The Kier molecular flexibility index (Phi) is 5.15. The largest absolute Gasteiger partial charge is 0.481 e. The quantitative estimate of drug-likeness (QED) is 0.414. The van der Waals surface area contributed by atoms with Crippen molar-refractivity contribution < 1.29 is 15.0 Å². The number of hydrogen-bond donors (Lipinski definition) is 2. The van der Waals surface area contributed by atoms with E-state index in [2.05, 4.69) is 54.5 Å². The van der Waals surface area contributed by atoms with E-state index in [4.69, 9.17) is 0 Å². The van der Waals surface area contributed by atoms with Crippen LogP contribution < -0.4 is 0 Å². The average Bonchev–Trinajstić information content (AvgIpc) is 2.70. The first-order chi connectivity index (χ1) is 15.2. The van der Waals surface area contributed by atoms with Crippen molar-refractivity contribution in [1.82, 2.24) is 0 Å². The highest BCUT2D eigenvalue weighted by molar-refractivity contribution is 5.71. The van der Waals surface area contributed by atoms with Crippen LogP contribution in [0.1, 0.15) is 106 Å². The molecular weight excluding hydrogens is 408 g/mol. The number of aliphatic carboxylic acids is 1. The lowest BCUT2D eigenvalue weighted by molar-refractivity contribution is -0.205. The van der Waals surface area contributed by atoms with Gasteiger partial charge in [-0.1, -0.05) is 60.1 Å². The summed E-state index contributed by atoms with van der Waals surface area (Å²) in [6.45, 7) is 16.9. The van der Waals surface area contributed by atoms with Gasteiger partial charge >= 0.3 is 5.97 Å². The first-order valence-electron chi connectivity index (χ1n) is 13.8. The van der Waals surface area contributed by atoms with Crippen molar-refractivity contribution in [1.29, 1.82) is 0 Å². The van der Waals surface area contributed by atoms with Crippen LogP contribution in [0.3, 0.4) is 0 Å². The SMILES string of the molecule is CC1(C)CCC2[C@@H](C(=O)O)C[C@]3(C)C(=CC[C@@H]4[C@@]5(C)CC[C@@H](O)C(C)(C)[C@@H]5CC[C@]43C)[C@@H]2C1. The van der Waals surface area contributed by atoms with Gasteiger partial charge in [0, 0.05) is 0 Å². The van der Waals surface area contributed by atoms with Crippen LogP contribution in [0.4, 0.5) is 0 Å². The van der Waals surface area contributed by atoms with Crippen LogP contribution >= 0.6 is 0 Å². The molecule has 0 aliphatic heterocycles. The topological polar surface area (TPSA) is 57.5 Å². The van der Waals surface area contributed by atoms with E-state index in [1.54, 1.807) is 5.57 Å². The van der Waals surface area contributed by atoms with Gasteiger partial charge in [-0.15, -0.1) is 0 Å². The number of carbonyl (C=O) groups is 1. The van der Waals surface area contributed by atoms with Crippen molar-refractivity contribution in [3.05, 3.63) is 11.6 Å². The average molecular weight is 457 g/mol. The Morgan fingerprint density at radius 2 is 1.61 bits per heavy atom. The lowest BCUT2D eigenvalue weighted by Crippen LogP contribution is -2.64. The Bertz CT molecular complexity index is 870. The molecule has 0 heterocycles. The molecule has 5 aliphatic carbocycles. The van der Waals surface area contributed by atoms with Crippen LogP contribution in [-0.4, -0.2) is 22.3 Å². The van der Waals surface area contributed by atoms with E-state index < -0.39 is 5.97 Å². The van der Waals surface area contributed by atoms with Crippen molar-refractivity contribution in [2.24, 2.45) is 56.7 Å². The molecule has 186 valence electrons. The van der Waals surface area contributed by atoms with Gasteiger partial charge < -0.3 is 10.2 Å². The van der Waals surface area contributed by atoms with Gasteiger partial charge in [0.25, 0.3) is 0 Å². The first kappa shape index (κ1) is 23.9. The van der Waals surface area contributed by atoms with Crippen LogP contribution in [0.15, 0.2) is 11.6 Å². The standard InChI is InChI=1S/C30H48O3/c1-26(2)13-10-18-19(16-26)21-8-9-23-28(5)14-12-24(31)27(3,4)22(28)11-15-29(23,6)30(21,7)17-20(18)25(32)33/h8,18-20,22-24,31H,9-17H2,1-7H3,(H,32,33)/t18?,19-,20+,22+,23-,24-,28+,29-,30-/m1/s1. The van der Waals surface area contributed by atoms with Crippen LogP contribution in [0.25, 0.3) is 0 Å². The Morgan fingerprint density at radius 1 is 0.909 bits per heavy atom. The third-order valence-corrected chi connectivity index (χ3v) is 12.8. The molecule has 4 fully saturated rings. The second-order valence-corrected chi connectivity index (χ2v) is 15.0. The minimum atomic E-state index is -0.558. The summed E-state index contributed by atoms with van der Waals surface area (Å²) in [5.74, 6) is 1.07. The van der Waals surface area contributed by atoms with Gasteiger partial charge in [-0.05, 0) is 109 Å². The number of fused-ring (bicyclic) bond motifs is 7. The molecule has 0 aromatic heterocycles. The normalized spacial score (nSPS) is 52.4. The number of aliphatic hydroxyl groups is 1. The van der Waals surface area contributed by atoms with E-state index in [1.807, 2.05) is 0 Å². The van der Waals surface area contributed by atoms with E-state index in [-0.39, 0.29) is 33.7 Å². The van der Waals surface area contributed by atoms with Crippen molar-refractivity contribution in [2.75, 3.05) is 0 Å². The van der Waals surface area contributed by atoms with E-state index >= 15 is 0 Å². The Hall–Kier alpha value is -0.830. The van der Waals surface area contributed by atoms with Crippen LogP contribution in [0.5, 0.6) is 0 Å². The number of hydrogen-bond acceptors (Lipinski definition) is 2. The lowest BCUT2D eigenvalue weighted by atomic mass is 9.34. The highest BCUT2D eigenvalue weighted by Crippen LogP contribution is 2.75. The molecule has 3 nitrogen and oxygen atoms in total. The summed E-state index contributed by atoms with van der Waals surface area (Å²) in [6, 6.07) is 0. The summed E-state index contributed by atoms with van der Waals surface area (Å²) >= 11 is 0. The molecule has 1 unspecified atom stereocenters. The number of rotatable bonds is 1. The van der Waals surface area contributed by atoms with Gasteiger partial charge in [-0.2, -0.15) is 0 Å². The second kappa shape index (κ2) is 7.11. The maximum Gasteiger partial charge on any atom is 0.306 e. The van der Waals surface area contributed by atoms with Gasteiger partial charge in [-0.3, -0.25) is 4.79 Å². The van der Waals surface area contributed by atoms with Gasteiger partial charge in [0.05, 0.1) is 12.0 Å². The zero-order valence-electron chi connectivity index (χ0n) is 22.2. The van der Waals surface area contributed by atoms with Gasteiger partial charge in [0.2, 0.25) is 0 Å².